The SMILES string of the molecule is CC1=CC(C)=[C]([Ti]([C]2=C(C)C=C(C)C2)=[Si](C)C)C1.Cl.Cl. The summed E-state index contributed by atoms with van der Waals surface area (Å²) in [4.78, 5) is 0. The van der Waals surface area contributed by atoms with Gasteiger partial charge in [0.05, 0.1) is 0 Å². The van der Waals surface area contributed by atoms with Crippen LogP contribution < -0.4 is 0 Å². The molecule has 0 bridgehead atoms. The van der Waals surface area contributed by atoms with Crippen molar-refractivity contribution in [3.8, 4) is 0 Å². The van der Waals surface area contributed by atoms with Crippen LogP contribution in [0.15, 0.2) is 42.2 Å². The van der Waals surface area contributed by atoms with Gasteiger partial charge in [0.2, 0.25) is 0 Å². The van der Waals surface area contributed by atoms with Crippen LogP contribution in [0.1, 0.15) is 40.5 Å². The summed E-state index contributed by atoms with van der Waals surface area (Å²) in [5, 5.41) is 0. The van der Waals surface area contributed by atoms with Crippen molar-refractivity contribution in [1.82, 2.24) is 0 Å². The van der Waals surface area contributed by atoms with Gasteiger partial charge in [0, 0.05) is 0 Å². The van der Waals surface area contributed by atoms with Crippen molar-refractivity contribution in [1.29, 1.82) is 0 Å². The van der Waals surface area contributed by atoms with Crippen molar-refractivity contribution in [3.05, 3.63) is 42.2 Å². The summed E-state index contributed by atoms with van der Waals surface area (Å²) in [5.41, 5.74) is 6.38. The maximum atomic E-state index is 2.54. The van der Waals surface area contributed by atoms with Gasteiger partial charge in [0.1, 0.15) is 0 Å². The normalized spacial score (nSPS) is 17.5. The van der Waals surface area contributed by atoms with E-state index in [1.54, 1.807) is 22.3 Å². The average Bonchev–Trinajstić information content (AvgIpc) is 2.71. The Hall–Kier alpha value is 0.471. The molecule has 0 aromatic rings. The first kappa shape index (κ1) is 20.5. The summed E-state index contributed by atoms with van der Waals surface area (Å²) in [6.45, 7) is 14.4. The maximum absolute atomic E-state index is 2.54. The van der Waals surface area contributed by atoms with Crippen molar-refractivity contribution in [3.63, 3.8) is 0 Å². The van der Waals surface area contributed by atoms with Crippen LogP contribution >= 0.6 is 24.8 Å². The van der Waals surface area contributed by atoms with E-state index >= 15 is 0 Å². The minimum atomic E-state index is -1.17. The van der Waals surface area contributed by atoms with Gasteiger partial charge in [-0.3, -0.25) is 0 Å². The molecule has 0 aliphatic heterocycles. The fourth-order valence-corrected chi connectivity index (χ4v) is 15.9. The number of halogens is 2. The molecule has 20 heavy (non-hydrogen) atoms. The van der Waals surface area contributed by atoms with E-state index < -0.39 is 16.6 Å². The van der Waals surface area contributed by atoms with Gasteiger partial charge in [-0.25, -0.2) is 0 Å². The fourth-order valence-electron chi connectivity index (χ4n) is 3.21. The van der Waals surface area contributed by atoms with Gasteiger partial charge in [-0.05, 0) is 0 Å². The number of hydrogen-bond acceptors (Lipinski definition) is 0. The Kier molecular flexibility index (Phi) is 8.39. The summed E-state index contributed by atoms with van der Waals surface area (Å²) in [6.07, 6.45) is 7.26. The summed E-state index contributed by atoms with van der Waals surface area (Å²) in [5.74, 6) is 0. The van der Waals surface area contributed by atoms with Crippen LogP contribution in [-0.2, 0) is 16.6 Å². The van der Waals surface area contributed by atoms with Crippen LogP contribution in [0.25, 0.3) is 0 Å². The summed E-state index contributed by atoms with van der Waals surface area (Å²) in [7, 11) is 0. The van der Waals surface area contributed by atoms with Crippen molar-refractivity contribution in [2.24, 2.45) is 0 Å². The number of allylic oxidation sites excluding steroid dienone is 8. The Bertz CT molecular complexity index is 515. The van der Waals surface area contributed by atoms with Gasteiger partial charge in [-0.2, -0.15) is 0 Å². The Morgan fingerprint density at radius 3 is 1.35 bits per heavy atom. The van der Waals surface area contributed by atoms with Crippen LogP contribution in [0.5, 0.6) is 0 Å². The third kappa shape index (κ3) is 4.24. The van der Waals surface area contributed by atoms with E-state index in [4.69, 9.17) is 0 Å². The summed E-state index contributed by atoms with van der Waals surface area (Å²) >= 11 is -1.17. The predicted molar refractivity (Wildman–Crippen MR) is 94.1 cm³/mol. The molecule has 0 spiro atoms. The smallest absolute Gasteiger partial charge is 0.147 e. The van der Waals surface area contributed by atoms with Gasteiger partial charge in [0.15, 0.2) is 0 Å². The molecule has 0 fully saturated rings. The first-order valence-corrected chi connectivity index (χ1v) is 13.2. The molecule has 0 unspecified atom stereocenters. The van der Waals surface area contributed by atoms with E-state index in [0.717, 1.165) is 0 Å². The van der Waals surface area contributed by atoms with Crippen LogP contribution in [-0.4, -0.2) is 6.19 Å². The molecule has 0 aromatic carbocycles. The van der Waals surface area contributed by atoms with Crippen LogP contribution in [0.2, 0.25) is 13.1 Å². The molecule has 2 aliphatic carbocycles. The monoisotopic (exact) mass is 364 g/mol. The van der Waals surface area contributed by atoms with E-state index in [9.17, 15) is 0 Å². The molecular weight excluding hydrogens is 339 g/mol. The molecule has 2 aliphatic rings. The minimum Gasteiger partial charge on any atom is -0.147 e. The van der Waals surface area contributed by atoms with Crippen LogP contribution in [0, 0.1) is 0 Å². The molecule has 2 rings (SSSR count). The van der Waals surface area contributed by atoms with E-state index in [0.29, 0.717) is 0 Å². The van der Waals surface area contributed by atoms with Crippen LogP contribution in [0.3, 0.4) is 0 Å². The topological polar surface area (TPSA) is 0 Å². The van der Waals surface area contributed by atoms with Crippen LogP contribution in [0.4, 0.5) is 0 Å². The Labute approximate surface area is 143 Å². The predicted octanol–water partition coefficient (Wildman–Crippen LogP) is 5.95. The standard InChI is InChI=1S/2C7H9.C2H6Si.2ClH.Ti/c2*1-6-3-4-7(2)5-6;1-3-2;;;/h2*5H,3H2,1-2H3;1-2H3;2*1H;. The Balaban J connectivity index is 0.00000180. The zero-order valence-electron chi connectivity index (χ0n) is 13.4. The zero-order valence-corrected chi connectivity index (χ0v) is 17.6. The Morgan fingerprint density at radius 1 is 0.800 bits per heavy atom. The molecule has 0 nitrogen and oxygen atoms in total. The summed E-state index contributed by atoms with van der Waals surface area (Å²) < 4.78 is 3.76. The molecule has 0 radical (unpaired) electrons. The van der Waals surface area contributed by atoms with Crippen molar-refractivity contribution >= 4 is 31.0 Å². The second kappa shape index (κ2) is 8.20. The van der Waals surface area contributed by atoms with E-state index in [1.165, 1.54) is 12.8 Å². The van der Waals surface area contributed by atoms with Crippen molar-refractivity contribution < 1.29 is 16.6 Å². The fraction of sp³-hybridized carbons (Fsp3) is 0.500. The largest absolute Gasteiger partial charge is 0.147 e. The number of hydrogen-bond donors (Lipinski definition) is 0. The molecular formula is C16H26Cl2SiTi. The number of rotatable bonds is 2. The maximum Gasteiger partial charge on any atom is -0.147 e. The molecule has 0 amide bonds. The third-order valence-electron chi connectivity index (χ3n) is 3.89. The Morgan fingerprint density at radius 2 is 1.15 bits per heavy atom. The average molecular weight is 365 g/mol. The van der Waals surface area contributed by atoms with Gasteiger partial charge >= 0.3 is 119 Å². The quantitative estimate of drug-likeness (QED) is 0.531. The molecule has 0 heterocycles. The van der Waals surface area contributed by atoms with Crippen molar-refractivity contribution in [2.75, 3.05) is 0 Å². The van der Waals surface area contributed by atoms with Crippen molar-refractivity contribution in [2.45, 2.75) is 53.6 Å². The first-order chi connectivity index (χ1) is 8.40. The molecule has 0 saturated carbocycles. The molecule has 0 atom stereocenters. The van der Waals surface area contributed by atoms with E-state index in [-0.39, 0.29) is 31.0 Å². The molecule has 4 heteroatoms. The third-order valence-corrected chi connectivity index (χ3v) is 15.7. The summed E-state index contributed by atoms with van der Waals surface area (Å²) in [6, 6.07) is 0. The first-order valence-electron chi connectivity index (χ1n) is 6.82. The second-order valence-corrected chi connectivity index (χ2v) is 17.8. The zero-order chi connectivity index (χ0) is 13.4. The molecule has 0 saturated heterocycles. The molecule has 0 aromatic heterocycles. The van der Waals surface area contributed by atoms with E-state index in [2.05, 4.69) is 52.9 Å². The van der Waals surface area contributed by atoms with Gasteiger partial charge < -0.3 is 0 Å². The molecule has 112 valence electrons. The van der Waals surface area contributed by atoms with E-state index in [1.807, 2.05) is 7.76 Å². The van der Waals surface area contributed by atoms with Gasteiger partial charge in [-0.1, -0.05) is 0 Å². The molecule has 0 N–H and O–H groups in total. The second-order valence-electron chi connectivity index (χ2n) is 6.03. The van der Waals surface area contributed by atoms with Gasteiger partial charge in [0.25, 0.3) is 0 Å². The van der Waals surface area contributed by atoms with Gasteiger partial charge in [-0.15, -0.1) is 24.8 Å². The minimum absolute atomic E-state index is 0.